The molecule has 3 amide bonds. The lowest BCUT2D eigenvalue weighted by Crippen LogP contribution is -2.52. The summed E-state index contributed by atoms with van der Waals surface area (Å²) >= 11 is 6.30. The minimum absolute atomic E-state index is 0.00145. The molecule has 9 heteroatoms. The third-order valence-corrected chi connectivity index (χ3v) is 8.02. The van der Waals surface area contributed by atoms with Gasteiger partial charge >= 0.3 is 12.1 Å². The molecule has 208 valence electrons. The number of urea groups is 1. The van der Waals surface area contributed by atoms with E-state index in [1.54, 1.807) is 0 Å². The molecule has 3 unspecified atom stereocenters. The van der Waals surface area contributed by atoms with E-state index in [4.69, 9.17) is 16.3 Å². The summed E-state index contributed by atoms with van der Waals surface area (Å²) in [6.45, 7) is 5.15. The molecule has 0 aromatic heterocycles. The zero-order chi connectivity index (χ0) is 26.7. The van der Waals surface area contributed by atoms with Crippen molar-refractivity contribution in [3.05, 3.63) is 34.9 Å². The van der Waals surface area contributed by atoms with E-state index in [2.05, 4.69) is 27.6 Å². The van der Waals surface area contributed by atoms with Gasteiger partial charge in [0.25, 0.3) is 0 Å². The maximum atomic E-state index is 13.4. The number of likely N-dealkylation sites (N-methyl/N-ethyl adjacent to an activating group) is 1. The summed E-state index contributed by atoms with van der Waals surface area (Å²) in [5.74, 6) is 0.120. The van der Waals surface area contributed by atoms with Gasteiger partial charge in [-0.25, -0.2) is 9.59 Å². The highest BCUT2D eigenvalue weighted by molar-refractivity contribution is 6.30. The van der Waals surface area contributed by atoms with Gasteiger partial charge in [0.1, 0.15) is 0 Å². The van der Waals surface area contributed by atoms with Crippen molar-refractivity contribution in [2.75, 3.05) is 46.9 Å². The second-order valence-electron chi connectivity index (χ2n) is 10.9. The second-order valence-corrected chi connectivity index (χ2v) is 11.3. The number of likely N-dealkylation sites (tertiary alicyclic amines) is 1. The van der Waals surface area contributed by atoms with Crippen LogP contribution in [-0.2, 0) is 9.47 Å². The number of hydrogen-bond donors (Lipinski definition) is 3. The summed E-state index contributed by atoms with van der Waals surface area (Å²) in [6.07, 6.45) is 8.49. The van der Waals surface area contributed by atoms with Crippen molar-refractivity contribution in [3.63, 3.8) is 0 Å². The predicted octanol–water partition coefficient (Wildman–Crippen LogP) is 5.12. The zero-order valence-electron chi connectivity index (χ0n) is 22.7. The van der Waals surface area contributed by atoms with E-state index >= 15 is 0 Å². The normalized spacial score (nSPS) is 21.1. The third-order valence-electron chi connectivity index (χ3n) is 7.78. The summed E-state index contributed by atoms with van der Waals surface area (Å²) in [6, 6.07) is 7.80. The first-order valence-electron chi connectivity index (χ1n) is 13.7. The molecule has 1 aliphatic heterocycles. The van der Waals surface area contributed by atoms with Gasteiger partial charge in [-0.1, -0.05) is 49.9 Å². The molecule has 0 radical (unpaired) electrons. The van der Waals surface area contributed by atoms with Crippen molar-refractivity contribution in [1.82, 2.24) is 20.9 Å². The Morgan fingerprint density at radius 2 is 2.00 bits per heavy atom. The highest BCUT2D eigenvalue weighted by Crippen LogP contribution is 2.39. The molecule has 1 aliphatic carbocycles. The number of benzene rings is 1. The molecule has 3 N–H and O–H groups in total. The Labute approximate surface area is 227 Å². The molecule has 3 atom stereocenters. The summed E-state index contributed by atoms with van der Waals surface area (Å²) in [5, 5.41) is 9.92. The van der Waals surface area contributed by atoms with Crippen molar-refractivity contribution in [3.8, 4) is 0 Å². The maximum Gasteiger partial charge on any atom is 0.406 e. The number of rotatable bonds is 11. The molecular formula is C28H45ClN4O4. The number of piperidine rings is 1. The quantitative estimate of drug-likeness (QED) is 0.341. The average Bonchev–Trinajstić information content (AvgIpc) is 2.89. The first-order valence-corrected chi connectivity index (χ1v) is 14.1. The predicted molar refractivity (Wildman–Crippen MR) is 147 cm³/mol. The lowest BCUT2D eigenvalue weighted by molar-refractivity contribution is -0.00870. The van der Waals surface area contributed by atoms with Crippen LogP contribution in [0.1, 0.15) is 70.0 Å². The minimum atomic E-state index is -0.485. The van der Waals surface area contributed by atoms with Crippen LogP contribution in [0.2, 0.25) is 5.02 Å². The number of methoxy groups -OCH3 is 1. The Bertz CT molecular complexity index is 864. The van der Waals surface area contributed by atoms with Crippen LogP contribution in [0.5, 0.6) is 0 Å². The van der Waals surface area contributed by atoms with Crippen LogP contribution in [0.4, 0.5) is 9.59 Å². The Hall–Kier alpha value is -2.03. The molecule has 0 bridgehead atoms. The molecule has 1 aromatic rings. The Balaban J connectivity index is 1.64. The fourth-order valence-corrected chi connectivity index (χ4v) is 6.13. The maximum absolute atomic E-state index is 13.4. The molecule has 1 aromatic carbocycles. The zero-order valence-corrected chi connectivity index (χ0v) is 23.4. The highest BCUT2D eigenvalue weighted by Gasteiger charge is 2.34. The van der Waals surface area contributed by atoms with Crippen LogP contribution in [0.25, 0.3) is 0 Å². The summed E-state index contributed by atoms with van der Waals surface area (Å²) < 4.78 is 10.9. The SMILES string of the molecule is CNCC(CC1(C)CCCCC1)NC(=O)N1CCCC(C(OCCNC(=O)OC)c2cccc(Cl)c2)C1. The summed E-state index contributed by atoms with van der Waals surface area (Å²) in [4.78, 5) is 26.8. The van der Waals surface area contributed by atoms with Crippen LogP contribution >= 0.6 is 11.6 Å². The fraction of sp³-hybridized carbons (Fsp3) is 0.714. The van der Waals surface area contributed by atoms with Crippen molar-refractivity contribution >= 4 is 23.7 Å². The van der Waals surface area contributed by atoms with Gasteiger partial charge in [-0.2, -0.15) is 0 Å². The van der Waals surface area contributed by atoms with Crippen molar-refractivity contribution < 1.29 is 19.1 Å². The van der Waals surface area contributed by atoms with Gasteiger partial charge in [-0.15, -0.1) is 0 Å². The average molecular weight is 537 g/mol. The van der Waals surface area contributed by atoms with E-state index in [1.165, 1.54) is 39.2 Å². The Morgan fingerprint density at radius 1 is 1.22 bits per heavy atom. The number of hydrogen-bond acceptors (Lipinski definition) is 5. The first kappa shape index (κ1) is 29.5. The molecule has 1 heterocycles. The van der Waals surface area contributed by atoms with Gasteiger partial charge in [0.15, 0.2) is 0 Å². The van der Waals surface area contributed by atoms with Crippen LogP contribution < -0.4 is 16.0 Å². The highest BCUT2D eigenvalue weighted by atomic mass is 35.5. The number of carbonyl (C=O) groups excluding carboxylic acids is 2. The second kappa shape index (κ2) is 14.8. The number of halogens is 1. The summed E-state index contributed by atoms with van der Waals surface area (Å²) in [5.41, 5.74) is 1.28. The largest absolute Gasteiger partial charge is 0.453 e. The van der Waals surface area contributed by atoms with E-state index in [0.29, 0.717) is 30.1 Å². The molecule has 2 fully saturated rings. The lowest BCUT2D eigenvalue weighted by Gasteiger charge is -2.39. The Morgan fingerprint density at radius 3 is 2.70 bits per heavy atom. The van der Waals surface area contributed by atoms with Gasteiger partial charge in [0.2, 0.25) is 0 Å². The molecule has 0 spiro atoms. The molecule has 1 saturated heterocycles. The summed E-state index contributed by atoms with van der Waals surface area (Å²) in [7, 11) is 3.28. The van der Waals surface area contributed by atoms with Crippen LogP contribution in [0, 0.1) is 11.3 Å². The van der Waals surface area contributed by atoms with Crippen LogP contribution in [-0.4, -0.2) is 70.0 Å². The van der Waals surface area contributed by atoms with Gasteiger partial charge in [-0.3, -0.25) is 0 Å². The lowest BCUT2D eigenvalue weighted by atomic mass is 9.72. The number of nitrogens with one attached hydrogen (secondary N) is 3. The topological polar surface area (TPSA) is 91.9 Å². The van der Waals surface area contributed by atoms with Crippen LogP contribution in [0.3, 0.4) is 0 Å². The molecule has 2 aliphatic rings. The Kier molecular flexibility index (Phi) is 11.8. The number of nitrogens with zero attached hydrogens (tertiary/aromatic N) is 1. The van der Waals surface area contributed by atoms with Gasteiger partial charge < -0.3 is 30.3 Å². The number of alkyl carbamates (subject to hydrolysis) is 1. The van der Waals surface area contributed by atoms with E-state index in [1.807, 2.05) is 36.2 Å². The van der Waals surface area contributed by atoms with Crippen molar-refractivity contribution in [1.29, 1.82) is 0 Å². The monoisotopic (exact) mass is 536 g/mol. The smallest absolute Gasteiger partial charge is 0.406 e. The fourth-order valence-electron chi connectivity index (χ4n) is 5.93. The standard InChI is InChI=1S/C28H45ClN4O4/c1-28(12-5-4-6-13-28)18-24(19-30-2)32-26(34)33-15-8-10-22(20-33)25(21-9-7-11-23(29)17-21)37-16-14-31-27(35)36-3/h7,9,11,17,22,24-25,30H,4-6,8,10,12-16,18-20H2,1-3H3,(H,31,35)(H,32,34). The van der Waals surface area contributed by atoms with E-state index < -0.39 is 6.09 Å². The van der Waals surface area contributed by atoms with Gasteiger partial charge in [0.05, 0.1) is 19.8 Å². The molecule has 1 saturated carbocycles. The van der Waals surface area contributed by atoms with Gasteiger partial charge in [0, 0.05) is 43.2 Å². The first-order chi connectivity index (χ1) is 17.8. The van der Waals surface area contributed by atoms with Gasteiger partial charge in [-0.05, 0) is 62.3 Å². The number of carbonyl (C=O) groups is 2. The third kappa shape index (κ3) is 9.34. The minimum Gasteiger partial charge on any atom is -0.453 e. The number of amides is 3. The number of ether oxygens (including phenoxy) is 2. The molecule has 3 rings (SSSR count). The van der Waals surface area contributed by atoms with E-state index in [-0.39, 0.29) is 24.1 Å². The van der Waals surface area contributed by atoms with E-state index in [9.17, 15) is 9.59 Å². The van der Waals surface area contributed by atoms with Crippen molar-refractivity contribution in [2.45, 2.75) is 70.4 Å². The van der Waals surface area contributed by atoms with Crippen LogP contribution in [0.15, 0.2) is 24.3 Å². The van der Waals surface area contributed by atoms with Crippen molar-refractivity contribution in [2.24, 2.45) is 11.3 Å². The molecule has 37 heavy (non-hydrogen) atoms. The molecule has 8 nitrogen and oxygen atoms in total. The molecular weight excluding hydrogens is 492 g/mol. The van der Waals surface area contributed by atoms with E-state index in [0.717, 1.165) is 37.9 Å².